The first-order valence-electron chi connectivity index (χ1n) is 10.8. The van der Waals surface area contributed by atoms with Crippen molar-refractivity contribution in [3.63, 3.8) is 0 Å². The third-order valence-corrected chi connectivity index (χ3v) is 4.93. The van der Waals surface area contributed by atoms with Crippen molar-refractivity contribution in [2.75, 3.05) is 13.2 Å². The average molecular weight is 423 g/mol. The van der Waals surface area contributed by atoms with Gasteiger partial charge in [-0.1, -0.05) is 25.5 Å². The number of carbonyl (C=O) groups excluding carboxylic acids is 1. The number of carbonyl (C=O) groups is 1. The van der Waals surface area contributed by atoms with Crippen LogP contribution < -0.4 is 14.2 Å². The fraction of sp³-hybridized carbons (Fsp3) is 0.400. The van der Waals surface area contributed by atoms with Gasteiger partial charge in [0.15, 0.2) is 0 Å². The molecule has 0 aliphatic heterocycles. The molecule has 3 rings (SSSR count). The number of para-hydroxylation sites is 1. The van der Waals surface area contributed by atoms with E-state index in [1.165, 1.54) is 0 Å². The van der Waals surface area contributed by atoms with Crippen LogP contribution in [-0.2, 0) is 11.4 Å². The Balaban J connectivity index is 1.71. The highest BCUT2D eigenvalue weighted by Gasteiger charge is 2.14. The fourth-order valence-corrected chi connectivity index (χ4v) is 3.18. The number of unbranched alkanes of at least 4 members (excludes halogenated alkanes) is 1. The van der Waals surface area contributed by atoms with Crippen LogP contribution in [-0.4, -0.2) is 29.0 Å². The number of nitrogens with zero attached hydrogens (tertiary/aromatic N) is 2. The van der Waals surface area contributed by atoms with Crippen molar-refractivity contribution < 1.29 is 19.0 Å². The summed E-state index contributed by atoms with van der Waals surface area (Å²) in [6, 6.07) is 11.5. The highest BCUT2D eigenvalue weighted by molar-refractivity contribution is 5.86. The van der Waals surface area contributed by atoms with Gasteiger partial charge in [0.1, 0.15) is 23.9 Å². The van der Waals surface area contributed by atoms with E-state index in [4.69, 9.17) is 19.2 Å². The summed E-state index contributed by atoms with van der Waals surface area (Å²) in [5.41, 5.74) is 2.68. The molecule has 164 valence electrons. The molecular weight excluding hydrogens is 392 g/mol. The van der Waals surface area contributed by atoms with Gasteiger partial charge in [0, 0.05) is 29.6 Å². The molecule has 2 heterocycles. The van der Waals surface area contributed by atoms with Crippen LogP contribution in [0.25, 0.3) is 10.9 Å². The number of ketones is 1. The minimum absolute atomic E-state index is 0.165. The summed E-state index contributed by atoms with van der Waals surface area (Å²) >= 11 is 0. The molecule has 6 nitrogen and oxygen atoms in total. The Bertz CT molecular complexity index is 1020. The van der Waals surface area contributed by atoms with Gasteiger partial charge in [-0.3, -0.25) is 0 Å². The molecular formula is C25H30N2O4. The molecule has 0 spiro atoms. The van der Waals surface area contributed by atoms with Crippen molar-refractivity contribution in [2.24, 2.45) is 0 Å². The number of pyridine rings is 2. The normalized spacial score (nSPS) is 10.8. The van der Waals surface area contributed by atoms with Crippen LogP contribution in [0.2, 0.25) is 0 Å². The average Bonchev–Trinajstić information content (AvgIpc) is 2.77. The second kappa shape index (κ2) is 11.3. The number of benzene rings is 1. The van der Waals surface area contributed by atoms with Gasteiger partial charge < -0.3 is 19.0 Å². The molecule has 2 aromatic heterocycles. The molecule has 0 atom stereocenters. The van der Waals surface area contributed by atoms with Crippen LogP contribution in [0.5, 0.6) is 17.4 Å². The molecule has 0 N–H and O–H groups in total. The lowest BCUT2D eigenvalue weighted by molar-refractivity contribution is -0.117. The topological polar surface area (TPSA) is 70.5 Å². The zero-order valence-corrected chi connectivity index (χ0v) is 18.5. The fourth-order valence-electron chi connectivity index (χ4n) is 3.18. The molecule has 0 fully saturated rings. The standard InChI is InChI=1S/C25H30N2O4/c1-4-5-14-30-25-19(3)23(27-22-11-7-6-10-21(22)25)17-31-24-16-20(12-13-26-24)29-15-8-9-18(2)28/h6-7,10-13,16H,4-5,8-9,14-15,17H2,1-3H3. The van der Waals surface area contributed by atoms with Crippen LogP contribution in [0.4, 0.5) is 0 Å². The van der Waals surface area contributed by atoms with Gasteiger partial charge in [0.05, 0.1) is 24.4 Å². The van der Waals surface area contributed by atoms with E-state index in [0.29, 0.717) is 37.7 Å². The Kier molecular flexibility index (Phi) is 8.21. The van der Waals surface area contributed by atoms with E-state index in [2.05, 4.69) is 11.9 Å². The Labute approximate surface area is 183 Å². The van der Waals surface area contributed by atoms with E-state index in [1.807, 2.05) is 31.2 Å². The molecule has 6 heteroatoms. The van der Waals surface area contributed by atoms with E-state index >= 15 is 0 Å². The highest BCUT2D eigenvalue weighted by atomic mass is 16.5. The van der Waals surface area contributed by atoms with Crippen molar-refractivity contribution in [1.29, 1.82) is 0 Å². The lowest BCUT2D eigenvalue weighted by Gasteiger charge is -2.16. The molecule has 0 radical (unpaired) electrons. The summed E-state index contributed by atoms with van der Waals surface area (Å²) in [4.78, 5) is 20.1. The zero-order chi connectivity index (χ0) is 22.1. The second-order valence-corrected chi connectivity index (χ2v) is 7.50. The maximum atomic E-state index is 11.0. The van der Waals surface area contributed by atoms with Crippen molar-refractivity contribution in [1.82, 2.24) is 9.97 Å². The van der Waals surface area contributed by atoms with E-state index in [1.54, 1.807) is 25.3 Å². The quantitative estimate of drug-likeness (QED) is 0.362. The Morgan fingerprint density at radius 3 is 2.65 bits per heavy atom. The van der Waals surface area contributed by atoms with Gasteiger partial charge in [0.2, 0.25) is 5.88 Å². The summed E-state index contributed by atoms with van der Waals surface area (Å²) in [5, 5.41) is 1.01. The predicted octanol–water partition coefficient (Wildman–Crippen LogP) is 5.44. The lowest BCUT2D eigenvalue weighted by Crippen LogP contribution is -2.07. The van der Waals surface area contributed by atoms with Gasteiger partial charge in [-0.05, 0) is 44.9 Å². The molecule has 0 bridgehead atoms. The van der Waals surface area contributed by atoms with Gasteiger partial charge in [-0.15, -0.1) is 0 Å². The van der Waals surface area contributed by atoms with Gasteiger partial charge in [0.25, 0.3) is 0 Å². The Morgan fingerprint density at radius 1 is 1.03 bits per heavy atom. The molecule has 0 saturated carbocycles. The molecule has 0 aliphatic rings. The summed E-state index contributed by atoms with van der Waals surface area (Å²) < 4.78 is 17.7. The summed E-state index contributed by atoms with van der Waals surface area (Å²) in [5.74, 6) is 2.17. The molecule has 31 heavy (non-hydrogen) atoms. The predicted molar refractivity (Wildman–Crippen MR) is 121 cm³/mol. The van der Waals surface area contributed by atoms with E-state index in [0.717, 1.165) is 40.8 Å². The molecule has 3 aromatic rings. The minimum atomic E-state index is 0.165. The molecule has 0 unspecified atom stereocenters. The summed E-state index contributed by atoms with van der Waals surface area (Å²) in [6.07, 6.45) is 4.94. The van der Waals surface area contributed by atoms with E-state index in [-0.39, 0.29) is 12.4 Å². The third kappa shape index (κ3) is 6.41. The minimum Gasteiger partial charge on any atom is -0.493 e. The van der Waals surface area contributed by atoms with Crippen molar-refractivity contribution in [3.05, 3.63) is 53.9 Å². The summed E-state index contributed by atoms with van der Waals surface area (Å²) in [6.45, 7) is 7.18. The monoisotopic (exact) mass is 422 g/mol. The van der Waals surface area contributed by atoms with Crippen LogP contribution in [0.1, 0.15) is 50.8 Å². The van der Waals surface area contributed by atoms with Gasteiger partial charge in [-0.25, -0.2) is 9.97 Å². The first-order valence-corrected chi connectivity index (χ1v) is 10.8. The second-order valence-electron chi connectivity index (χ2n) is 7.50. The first kappa shape index (κ1) is 22.5. The SMILES string of the molecule is CCCCOc1c(C)c(COc2cc(OCCCC(C)=O)ccn2)nc2ccccc12. The van der Waals surface area contributed by atoms with Crippen LogP contribution >= 0.6 is 0 Å². The number of hydrogen-bond acceptors (Lipinski definition) is 6. The van der Waals surface area contributed by atoms with Crippen molar-refractivity contribution in [3.8, 4) is 17.4 Å². The maximum Gasteiger partial charge on any atom is 0.217 e. The molecule has 1 aromatic carbocycles. The third-order valence-electron chi connectivity index (χ3n) is 4.93. The van der Waals surface area contributed by atoms with Crippen LogP contribution in [0.3, 0.4) is 0 Å². The van der Waals surface area contributed by atoms with Gasteiger partial charge in [-0.2, -0.15) is 0 Å². The zero-order valence-electron chi connectivity index (χ0n) is 18.5. The Morgan fingerprint density at radius 2 is 1.84 bits per heavy atom. The lowest BCUT2D eigenvalue weighted by atomic mass is 10.1. The van der Waals surface area contributed by atoms with Gasteiger partial charge >= 0.3 is 0 Å². The number of ether oxygens (including phenoxy) is 3. The number of hydrogen-bond donors (Lipinski definition) is 0. The first-order chi connectivity index (χ1) is 15.1. The number of fused-ring (bicyclic) bond motifs is 1. The summed E-state index contributed by atoms with van der Waals surface area (Å²) in [7, 11) is 0. The van der Waals surface area contributed by atoms with E-state index in [9.17, 15) is 4.79 Å². The van der Waals surface area contributed by atoms with Crippen LogP contribution in [0.15, 0.2) is 42.6 Å². The highest BCUT2D eigenvalue weighted by Crippen LogP contribution is 2.31. The van der Waals surface area contributed by atoms with E-state index < -0.39 is 0 Å². The molecule has 0 saturated heterocycles. The molecule has 0 aliphatic carbocycles. The number of rotatable bonds is 12. The largest absolute Gasteiger partial charge is 0.493 e. The van der Waals surface area contributed by atoms with Crippen LogP contribution in [0, 0.1) is 6.92 Å². The molecule has 0 amide bonds. The number of Topliss-reactive ketones (excluding diaryl/α,β-unsaturated/α-hetero) is 1. The number of aromatic nitrogens is 2. The van der Waals surface area contributed by atoms with Crippen molar-refractivity contribution in [2.45, 2.75) is 53.1 Å². The smallest absolute Gasteiger partial charge is 0.217 e. The Hall–Kier alpha value is -3.15. The maximum absolute atomic E-state index is 11.0. The van der Waals surface area contributed by atoms with Crippen molar-refractivity contribution >= 4 is 16.7 Å².